The number of ether oxygens (including phenoxy) is 2. The van der Waals surface area contributed by atoms with Gasteiger partial charge in [-0.1, -0.05) is 11.2 Å². The number of nitrogens with zero attached hydrogens (tertiary/aromatic N) is 3. The third-order valence-corrected chi connectivity index (χ3v) is 5.23. The third-order valence-electron chi connectivity index (χ3n) is 5.23. The van der Waals surface area contributed by atoms with E-state index in [2.05, 4.69) is 10.1 Å². The van der Waals surface area contributed by atoms with Crippen molar-refractivity contribution < 1.29 is 23.2 Å². The maximum Gasteiger partial charge on any atom is 0.262 e. The Labute approximate surface area is 173 Å². The SMILES string of the molecule is COc1cccc(OC)c1C(=O)N1CCCC[C@@H]1c1nc(-c2ccc(F)cc2)no1. The number of methoxy groups -OCH3 is 2. The molecule has 0 radical (unpaired) electrons. The van der Waals surface area contributed by atoms with Crippen molar-refractivity contribution in [3.05, 3.63) is 59.7 Å². The Balaban J connectivity index is 1.66. The fourth-order valence-corrected chi connectivity index (χ4v) is 3.72. The van der Waals surface area contributed by atoms with Crippen molar-refractivity contribution in [1.29, 1.82) is 0 Å². The molecule has 0 saturated carbocycles. The van der Waals surface area contributed by atoms with E-state index in [1.54, 1.807) is 35.2 Å². The molecule has 0 unspecified atom stereocenters. The summed E-state index contributed by atoms with van der Waals surface area (Å²) in [5, 5.41) is 4.03. The lowest BCUT2D eigenvalue weighted by molar-refractivity contribution is 0.0554. The molecule has 1 fully saturated rings. The summed E-state index contributed by atoms with van der Waals surface area (Å²) >= 11 is 0. The highest BCUT2D eigenvalue weighted by atomic mass is 19.1. The molecule has 1 aliphatic heterocycles. The summed E-state index contributed by atoms with van der Waals surface area (Å²) < 4.78 is 29.5. The highest BCUT2D eigenvalue weighted by Crippen LogP contribution is 2.36. The molecule has 1 amide bonds. The quantitative estimate of drug-likeness (QED) is 0.624. The molecule has 7 nitrogen and oxygen atoms in total. The number of rotatable bonds is 5. The molecule has 0 bridgehead atoms. The van der Waals surface area contributed by atoms with Crippen LogP contribution in [0.4, 0.5) is 4.39 Å². The first-order valence-corrected chi connectivity index (χ1v) is 9.74. The first kappa shape index (κ1) is 19.9. The van der Waals surface area contributed by atoms with Crippen LogP contribution in [0.1, 0.15) is 41.6 Å². The van der Waals surface area contributed by atoms with Crippen LogP contribution in [0, 0.1) is 5.82 Å². The summed E-state index contributed by atoms with van der Waals surface area (Å²) in [6, 6.07) is 10.7. The van der Waals surface area contributed by atoms with Gasteiger partial charge in [-0.3, -0.25) is 4.79 Å². The Kier molecular flexibility index (Phi) is 5.65. The van der Waals surface area contributed by atoms with Crippen LogP contribution >= 0.6 is 0 Å². The average Bonchev–Trinajstić information content (AvgIpc) is 3.28. The van der Waals surface area contributed by atoms with Gasteiger partial charge in [-0.15, -0.1) is 0 Å². The minimum Gasteiger partial charge on any atom is -0.496 e. The molecule has 2 aromatic carbocycles. The second kappa shape index (κ2) is 8.52. The van der Waals surface area contributed by atoms with Gasteiger partial charge in [0.1, 0.15) is 28.9 Å². The standard InChI is InChI=1S/C22H22FN3O4/c1-28-17-7-5-8-18(29-2)19(17)22(27)26-13-4-3-6-16(26)21-24-20(25-30-21)14-9-11-15(23)12-10-14/h5,7-12,16H,3-4,6,13H2,1-2H3/t16-/m1/s1. The van der Waals surface area contributed by atoms with Crippen LogP contribution in [0.15, 0.2) is 47.0 Å². The Hall–Kier alpha value is -3.42. The highest BCUT2D eigenvalue weighted by Gasteiger charge is 2.35. The van der Waals surface area contributed by atoms with Crippen molar-refractivity contribution >= 4 is 5.91 Å². The number of carbonyl (C=O) groups excluding carboxylic acids is 1. The molecule has 1 aliphatic rings. The van der Waals surface area contributed by atoms with Gasteiger partial charge in [0.15, 0.2) is 0 Å². The zero-order chi connectivity index (χ0) is 21.1. The van der Waals surface area contributed by atoms with Gasteiger partial charge in [0.2, 0.25) is 11.7 Å². The number of hydrogen-bond donors (Lipinski definition) is 0. The lowest BCUT2D eigenvalue weighted by Gasteiger charge is -2.34. The van der Waals surface area contributed by atoms with E-state index in [1.807, 2.05) is 0 Å². The molecule has 1 saturated heterocycles. The van der Waals surface area contributed by atoms with Crippen LogP contribution in [-0.2, 0) is 0 Å². The van der Waals surface area contributed by atoms with Crippen LogP contribution < -0.4 is 9.47 Å². The molecular formula is C22H22FN3O4. The molecule has 8 heteroatoms. The van der Waals surface area contributed by atoms with Gasteiger partial charge in [-0.2, -0.15) is 4.98 Å². The largest absolute Gasteiger partial charge is 0.496 e. The summed E-state index contributed by atoms with van der Waals surface area (Å²) in [5.41, 5.74) is 1.01. The van der Waals surface area contributed by atoms with Crippen molar-refractivity contribution in [1.82, 2.24) is 15.0 Å². The van der Waals surface area contributed by atoms with E-state index < -0.39 is 0 Å². The van der Waals surface area contributed by atoms with Crippen molar-refractivity contribution in [2.45, 2.75) is 25.3 Å². The normalized spacial score (nSPS) is 16.4. The first-order valence-electron chi connectivity index (χ1n) is 9.74. The summed E-state index contributed by atoms with van der Waals surface area (Å²) in [4.78, 5) is 19.7. The summed E-state index contributed by atoms with van der Waals surface area (Å²) in [6.45, 7) is 0.555. The molecule has 30 heavy (non-hydrogen) atoms. The molecule has 4 rings (SSSR count). The topological polar surface area (TPSA) is 77.7 Å². The predicted octanol–water partition coefficient (Wildman–Crippen LogP) is 4.26. The Morgan fingerprint density at radius 1 is 1.10 bits per heavy atom. The number of hydrogen-bond acceptors (Lipinski definition) is 6. The van der Waals surface area contributed by atoms with E-state index in [-0.39, 0.29) is 17.8 Å². The number of carbonyl (C=O) groups is 1. The van der Waals surface area contributed by atoms with Crippen LogP contribution in [0.3, 0.4) is 0 Å². The van der Waals surface area contributed by atoms with Gasteiger partial charge in [0, 0.05) is 12.1 Å². The average molecular weight is 411 g/mol. The van der Waals surface area contributed by atoms with Gasteiger partial charge in [-0.05, 0) is 55.7 Å². The molecule has 156 valence electrons. The van der Waals surface area contributed by atoms with E-state index in [9.17, 15) is 9.18 Å². The number of halogens is 1. The number of likely N-dealkylation sites (tertiary alicyclic amines) is 1. The van der Waals surface area contributed by atoms with Crippen molar-refractivity contribution in [2.75, 3.05) is 20.8 Å². The number of piperidine rings is 1. The van der Waals surface area contributed by atoms with Crippen molar-refractivity contribution in [3.63, 3.8) is 0 Å². The van der Waals surface area contributed by atoms with Gasteiger partial charge in [0.25, 0.3) is 5.91 Å². The first-order chi connectivity index (χ1) is 14.6. The Bertz CT molecular complexity index is 1010. The van der Waals surface area contributed by atoms with E-state index >= 15 is 0 Å². The zero-order valence-electron chi connectivity index (χ0n) is 16.8. The van der Waals surface area contributed by atoms with Crippen LogP contribution in [0.5, 0.6) is 11.5 Å². The number of amides is 1. The number of aromatic nitrogens is 2. The lowest BCUT2D eigenvalue weighted by atomic mass is 10.00. The van der Waals surface area contributed by atoms with Crippen molar-refractivity contribution in [3.8, 4) is 22.9 Å². The molecular weight excluding hydrogens is 389 g/mol. The summed E-state index contributed by atoms with van der Waals surface area (Å²) in [6.07, 6.45) is 2.51. The van der Waals surface area contributed by atoms with Crippen LogP contribution in [0.25, 0.3) is 11.4 Å². The monoisotopic (exact) mass is 411 g/mol. The van der Waals surface area contributed by atoms with Crippen LogP contribution in [-0.4, -0.2) is 41.7 Å². The fourth-order valence-electron chi connectivity index (χ4n) is 3.72. The molecule has 1 atom stereocenters. The summed E-state index contributed by atoms with van der Waals surface area (Å²) in [7, 11) is 3.04. The van der Waals surface area contributed by atoms with Crippen LogP contribution in [0.2, 0.25) is 0 Å². The second-order valence-electron chi connectivity index (χ2n) is 7.01. The maximum absolute atomic E-state index is 13.5. The zero-order valence-corrected chi connectivity index (χ0v) is 16.8. The minimum atomic E-state index is -0.359. The Morgan fingerprint density at radius 2 is 1.80 bits per heavy atom. The molecule has 0 spiro atoms. The van der Waals surface area contributed by atoms with Gasteiger partial charge >= 0.3 is 0 Å². The predicted molar refractivity (Wildman–Crippen MR) is 107 cm³/mol. The molecule has 0 aliphatic carbocycles. The fraction of sp³-hybridized carbons (Fsp3) is 0.318. The van der Waals surface area contributed by atoms with Gasteiger partial charge < -0.3 is 18.9 Å². The van der Waals surface area contributed by atoms with Gasteiger partial charge in [-0.25, -0.2) is 4.39 Å². The smallest absolute Gasteiger partial charge is 0.262 e. The molecule has 3 aromatic rings. The maximum atomic E-state index is 13.5. The van der Waals surface area contributed by atoms with E-state index in [0.717, 1.165) is 12.8 Å². The second-order valence-corrected chi connectivity index (χ2v) is 7.01. The van der Waals surface area contributed by atoms with E-state index in [4.69, 9.17) is 14.0 Å². The molecule has 0 N–H and O–H groups in total. The summed E-state index contributed by atoms with van der Waals surface area (Å²) in [5.74, 6) is 1.06. The third kappa shape index (κ3) is 3.72. The van der Waals surface area contributed by atoms with E-state index in [0.29, 0.717) is 47.3 Å². The lowest BCUT2D eigenvalue weighted by Crippen LogP contribution is -2.39. The number of benzene rings is 2. The Morgan fingerprint density at radius 3 is 2.47 bits per heavy atom. The van der Waals surface area contributed by atoms with Crippen molar-refractivity contribution in [2.24, 2.45) is 0 Å². The van der Waals surface area contributed by atoms with E-state index in [1.165, 1.54) is 26.4 Å². The molecule has 1 aromatic heterocycles. The highest BCUT2D eigenvalue weighted by molar-refractivity contribution is 6.00. The minimum absolute atomic E-state index is 0.212. The van der Waals surface area contributed by atoms with Gasteiger partial charge in [0.05, 0.1) is 14.2 Å². The molecule has 2 heterocycles.